The molecule has 4 rings (SSSR count). The van der Waals surface area contributed by atoms with E-state index in [1.54, 1.807) is 12.1 Å². The zero-order valence-corrected chi connectivity index (χ0v) is 16.0. The number of aromatic carboxylic acids is 1. The van der Waals surface area contributed by atoms with Crippen molar-refractivity contribution >= 4 is 28.5 Å². The summed E-state index contributed by atoms with van der Waals surface area (Å²) in [5.74, 6) is -0.856. The minimum atomic E-state index is -1.18. The standard InChI is InChI=1S/C22H15ClO6/c1-12-2-4-13(5-3-12)20-21(27-11-15-7-9-18(28-15)22(25)26)19(24)16-10-14(23)6-8-17(16)29-20/h2-10H,11H2,1H3,(H,25,26). The van der Waals surface area contributed by atoms with E-state index in [9.17, 15) is 9.59 Å². The van der Waals surface area contributed by atoms with E-state index in [0.717, 1.165) is 5.56 Å². The molecule has 146 valence electrons. The third kappa shape index (κ3) is 3.75. The van der Waals surface area contributed by atoms with Gasteiger partial charge in [-0.15, -0.1) is 0 Å². The Kier molecular flexibility index (Phi) is 4.86. The van der Waals surface area contributed by atoms with Gasteiger partial charge in [0.1, 0.15) is 18.0 Å². The molecule has 2 heterocycles. The van der Waals surface area contributed by atoms with E-state index in [1.165, 1.54) is 18.2 Å². The number of fused-ring (bicyclic) bond motifs is 1. The summed E-state index contributed by atoms with van der Waals surface area (Å²) >= 11 is 6.03. The van der Waals surface area contributed by atoms with Crippen LogP contribution in [0.4, 0.5) is 0 Å². The number of hydrogen-bond acceptors (Lipinski definition) is 5. The fourth-order valence-corrected chi connectivity index (χ4v) is 3.06. The van der Waals surface area contributed by atoms with Gasteiger partial charge in [-0.3, -0.25) is 4.79 Å². The quantitative estimate of drug-likeness (QED) is 0.480. The molecule has 0 atom stereocenters. The number of halogens is 1. The molecule has 4 aromatic rings. The molecule has 0 spiro atoms. The Bertz CT molecular complexity index is 1270. The highest BCUT2D eigenvalue weighted by atomic mass is 35.5. The van der Waals surface area contributed by atoms with Crippen molar-refractivity contribution in [2.75, 3.05) is 0 Å². The van der Waals surface area contributed by atoms with Crippen LogP contribution in [0.3, 0.4) is 0 Å². The van der Waals surface area contributed by atoms with Crippen molar-refractivity contribution in [3.8, 4) is 17.1 Å². The van der Waals surface area contributed by atoms with E-state index in [2.05, 4.69) is 0 Å². The van der Waals surface area contributed by atoms with Crippen molar-refractivity contribution in [3.05, 3.63) is 86.9 Å². The van der Waals surface area contributed by atoms with Crippen LogP contribution in [0.2, 0.25) is 5.02 Å². The molecular weight excluding hydrogens is 396 g/mol. The highest BCUT2D eigenvalue weighted by molar-refractivity contribution is 6.31. The van der Waals surface area contributed by atoms with Gasteiger partial charge in [0, 0.05) is 10.6 Å². The van der Waals surface area contributed by atoms with Crippen LogP contribution in [0.1, 0.15) is 21.9 Å². The van der Waals surface area contributed by atoms with Gasteiger partial charge in [-0.1, -0.05) is 41.4 Å². The molecule has 0 aliphatic rings. The van der Waals surface area contributed by atoms with Crippen molar-refractivity contribution in [3.63, 3.8) is 0 Å². The van der Waals surface area contributed by atoms with E-state index in [0.29, 0.717) is 16.2 Å². The molecule has 2 aromatic carbocycles. The summed E-state index contributed by atoms with van der Waals surface area (Å²) in [6.07, 6.45) is 0. The molecule has 1 N–H and O–H groups in total. The van der Waals surface area contributed by atoms with Crippen molar-refractivity contribution in [2.45, 2.75) is 13.5 Å². The summed E-state index contributed by atoms with van der Waals surface area (Å²) in [7, 11) is 0. The molecule has 0 aliphatic carbocycles. The molecule has 0 radical (unpaired) electrons. The lowest BCUT2D eigenvalue weighted by atomic mass is 10.1. The average molecular weight is 411 g/mol. The second-order valence-corrected chi connectivity index (χ2v) is 6.89. The number of hydrogen-bond donors (Lipinski definition) is 1. The second-order valence-electron chi connectivity index (χ2n) is 6.46. The first kappa shape index (κ1) is 18.8. The van der Waals surface area contributed by atoms with Gasteiger partial charge in [-0.05, 0) is 37.3 Å². The van der Waals surface area contributed by atoms with E-state index in [-0.39, 0.29) is 40.5 Å². The van der Waals surface area contributed by atoms with Crippen molar-refractivity contribution in [1.82, 2.24) is 0 Å². The van der Waals surface area contributed by atoms with E-state index in [4.69, 9.17) is 30.3 Å². The first-order valence-electron chi connectivity index (χ1n) is 8.70. The van der Waals surface area contributed by atoms with Gasteiger partial charge in [0.15, 0.2) is 5.76 Å². The van der Waals surface area contributed by atoms with Crippen LogP contribution in [-0.2, 0) is 6.61 Å². The fourth-order valence-electron chi connectivity index (χ4n) is 2.89. The van der Waals surface area contributed by atoms with Crippen molar-refractivity contribution in [2.24, 2.45) is 0 Å². The zero-order chi connectivity index (χ0) is 20.5. The average Bonchev–Trinajstić information content (AvgIpc) is 3.18. The molecule has 0 aliphatic heterocycles. The third-order valence-corrected chi connectivity index (χ3v) is 4.59. The summed E-state index contributed by atoms with van der Waals surface area (Å²) < 4.78 is 16.9. The molecule has 7 heteroatoms. The normalized spacial score (nSPS) is 11.0. The van der Waals surface area contributed by atoms with Crippen LogP contribution in [0.25, 0.3) is 22.3 Å². The molecule has 2 aromatic heterocycles. The Morgan fingerprint density at radius 3 is 2.52 bits per heavy atom. The van der Waals surface area contributed by atoms with Gasteiger partial charge in [-0.2, -0.15) is 0 Å². The van der Waals surface area contributed by atoms with Crippen molar-refractivity contribution in [1.29, 1.82) is 0 Å². The van der Waals surface area contributed by atoms with Crippen LogP contribution < -0.4 is 10.2 Å². The SMILES string of the molecule is Cc1ccc(-c2oc3ccc(Cl)cc3c(=O)c2OCc2ccc(C(=O)O)o2)cc1. The van der Waals surface area contributed by atoms with Gasteiger partial charge in [0.2, 0.25) is 16.9 Å². The van der Waals surface area contributed by atoms with Crippen molar-refractivity contribution < 1.29 is 23.5 Å². The lowest BCUT2D eigenvalue weighted by molar-refractivity contribution is 0.0658. The van der Waals surface area contributed by atoms with Gasteiger partial charge in [0.05, 0.1) is 5.39 Å². The van der Waals surface area contributed by atoms with Crippen LogP contribution in [-0.4, -0.2) is 11.1 Å². The molecule has 0 unspecified atom stereocenters. The maximum absolute atomic E-state index is 13.1. The summed E-state index contributed by atoms with van der Waals surface area (Å²) in [4.78, 5) is 24.1. The van der Waals surface area contributed by atoms with Crippen LogP contribution in [0.5, 0.6) is 5.75 Å². The Morgan fingerprint density at radius 1 is 1.07 bits per heavy atom. The Hall–Kier alpha value is -3.51. The number of rotatable bonds is 5. The topological polar surface area (TPSA) is 89.9 Å². The summed E-state index contributed by atoms with van der Waals surface area (Å²) in [5.41, 5.74) is 1.73. The lowest BCUT2D eigenvalue weighted by Gasteiger charge is -2.11. The molecule has 29 heavy (non-hydrogen) atoms. The number of carboxylic acid groups (broad SMARTS) is 1. The van der Waals surface area contributed by atoms with Gasteiger partial charge < -0.3 is 18.7 Å². The largest absolute Gasteiger partial charge is 0.478 e. The molecule has 0 saturated carbocycles. The summed E-state index contributed by atoms with van der Waals surface area (Å²) in [6, 6.07) is 15.1. The highest BCUT2D eigenvalue weighted by Gasteiger charge is 2.19. The van der Waals surface area contributed by atoms with Gasteiger partial charge in [0.25, 0.3) is 0 Å². The minimum Gasteiger partial charge on any atom is -0.478 e. The third-order valence-electron chi connectivity index (χ3n) is 4.36. The predicted octanol–water partition coefficient (Wildman–Crippen LogP) is 5.29. The monoisotopic (exact) mass is 410 g/mol. The Balaban J connectivity index is 1.81. The molecule has 6 nitrogen and oxygen atoms in total. The van der Waals surface area contributed by atoms with E-state index in [1.807, 2.05) is 31.2 Å². The first-order valence-corrected chi connectivity index (χ1v) is 9.08. The summed E-state index contributed by atoms with van der Waals surface area (Å²) in [6.45, 7) is 1.82. The Labute approximate surface area is 169 Å². The smallest absolute Gasteiger partial charge is 0.371 e. The number of carboxylic acids is 1. The van der Waals surface area contributed by atoms with Crippen LogP contribution in [0.15, 0.2) is 68.2 Å². The first-order chi connectivity index (χ1) is 13.9. The second kappa shape index (κ2) is 7.48. The number of aryl methyl sites for hydroxylation is 1. The maximum atomic E-state index is 13.1. The number of benzene rings is 2. The predicted molar refractivity (Wildman–Crippen MR) is 108 cm³/mol. The molecule has 0 bridgehead atoms. The molecule has 0 amide bonds. The van der Waals surface area contributed by atoms with Gasteiger partial charge >= 0.3 is 5.97 Å². The number of furan rings is 1. The lowest BCUT2D eigenvalue weighted by Crippen LogP contribution is -2.10. The Morgan fingerprint density at radius 2 is 1.83 bits per heavy atom. The molecular formula is C22H15ClO6. The summed E-state index contributed by atoms with van der Waals surface area (Å²) in [5, 5.41) is 9.66. The molecule has 0 saturated heterocycles. The van der Waals surface area contributed by atoms with Crippen LogP contribution in [0, 0.1) is 6.92 Å². The van der Waals surface area contributed by atoms with Crippen LogP contribution >= 0.6 is 11.6 Å². The number of carbonyl (C=O) groups is 1. The van der Waals surface area contributed by atoms with Gasteiger partial charge in [-0.25, -0.2) is 4.79 Å². The number of ether oxygens (including phenoxy) is 1. The fraction of sp³-hybridized carbons (Fsp3) is 0.0909. The van der Waals surface area contributed by atoms with E-state index < -0.39 is 5.97 Å². The molecule has 0 fully saturated rings. The maximum Gasteiger partial charge on any atom is 0.371 e. The zero-order valence-electron chi connectivity index (χ0n) is 15.3. The van der Waals surface area contributed by atoms with E-state index >= 15 is 0 Å². The minimum absolute atomic E-state index is 0.00288. The highest BCUT2D eigenvalue weighted by Crippen LogP contribution is 2.32.